The van der Waals surface area contributed by atoms with Crippen molar-refractivity contribution < 1.29 is 13.3 Å². The highest BCUT2D eigenvalue weighted by molar-refractivity contribution is 7.89. The van der Waals surface area contributed by atoms with E-state index in [0.717, 1.165) is 39.5 Å². The molecule has 7 nitrogen and oxygen atoms in total. The highest BCUT2D eigenvalue weighted by atomic mass is 32.2. The monoisotopic (exact) mass is 582 g/mol. The van der Waals surface area contributed by atoms with E-state index in [9.17, 15) is 8.42 Å². The van der Waals surface area contributed by atoms with E-state index < -0.39 is 10.0 Å². The van der Waals surface area contributed by atoms with Crippen LogP contribution >= 0.6 is 0 Å². The number of nitriles is 1. The SMILES string of the molecule is N#CONS(=O)(=O)c1ccccc1-c1ccc(Cn2c(-c3ccccc3)nc(-c3ccccc3)c2-c2ccccc2)cc1. The van der Waals surface area contributed by atoms with Gasteiger partial charge >= 0.3 is 6.26 Å². The molecule has 1 N–H and O–H groups in total. The average molecular weight is 583 g/mol. The molecule has 0 bridgehead atoms. The fourth-order valence-electron chi connectivity index (χ4n) is 5.13. The summed E-state index contributed by atoms with van der Waals surface area (Å²) in [6, 6.07) is 44.9. The molecule has 0 unspecified atom stereocenters. The molecule has 0 saturated carbocycles. The van der Waals surface area contributed by atoms with E-state index in [1.54, 1.807) is 18.2 Å². The quantitative estimate of drug-likeness (QED) is 0.143. The van der Waals surface area contributed by atoms with E-state index in [-0.39, 0.29) is 4.90 Å². The molecule has 0 radical (unpaired) electrons. The van der Waals surface area contributed by atoms with Crippen LogP contribution in [0.3, 0.4) is 0 Å². The largest absolute Gasteiger partial charge is 0.319 e. The molecule has 0 saturated heterocycles. The molecular weight excluding hydrogens is 556 g/mol. The smallest absolute Gasteiger partial charge is 0.308 e. The van der Waals surface area contributed by atoms with Crippen molar-refractivity contribution in [3.05, 3.63) is 145 Å². The number of benzene rings is 5. The molecule has 0 aliphatic heterocycles. The van der Waals surface area contributed by atoms with Crippen LogP contribution in [-0.2, 0) is 21.4 Å². The number of hydrogen-bond donors (Lipinski definition) is 1. The van der Waals surface area contributed by atoms with Crippen LogP contribution < -0.4 is 4.89 Å². The van der Waals surface area contributed by atoms with Crippen molar-refractivity contribution >= 4 is 10.0 Å². The van der Waals surface area contributed by atoms with E-state index >= 15 is 0 Å². The summed E-state index contributed by atoms with van der Waals surface area (Å²) in [6.45, 7) is 0.534. The molecule has 0 atom stereocenters. The van der Waals surface area contributed by atoms with Crippen LogP contribution in [-0.4, -0.2) is 18.0 Å². The third kappa shape index (κ3) is 5.81. The van der Waals surface area contributed by atoms with E-state index in [0.29, 0.717) is 17.7 Å². The van der Waals surface area contributed by atoms with Crippen molar-refractivity contribution in [3.8, 4) is 51.3 Å². The first kappa shape index (κ1) is 27.7. The number of hydrogen-bond acceptors (Lipinski definition) is 5. The Bertz CT molecular complexity index is 2000. The average Bonchev–Trinajstić information content (AvgIpc) is 3.44. The Balaban J connectivity index is 1.45. The van der Waals surface area contributed by atoms with Gasteiger partial charge in [0.05, 0.1) is 16.3 Å². The topological polar surface area (TPSA) is 97.0 Å². The molecule has 6 rings (SSSR count). The number of nitrogens with zero attached hydrogens (tertiary/aromatic N) is 3. The minimum absolute atomic E-state index is 0.0119. The van der Waals surface area contributed by atoms with Gasteiger partial charge in [0.25, 0.3) is 10.0 Å². The second-order valence-corrected chi connectivity index (χ2v) is 11.4. The maximum Gasteiger partial charge on any atom is 0.308 e. The number of aromatic nitrogens is 2. The van der Waals surface area contributed by atoms with Gasteiger partial charge in [-0.3, -0.25) is 0 Å². The standard InChI is InChI=1S/C35H26N4O3S/c36-25-42-38-43(40,41)32-19-11-10-18-31(32)27-22-20-26(21-23-27)24-39-34(29-14-6-2-7-15-29)33(28-12-4-1-5-13-28)37-35(39)30-16-8-3-9-17-30/h1-23,38H,24H2. The van der Waals surface area contributed by atoms with Crippen LogP contribution in [0, 0.1) is 11.5 Å². The second-order valence-electron chi connectivity index (χ2n) is 9.79. The van der Waals surface area contributed by atoms with Gasteiger partial charge in [-0.1, -0.05) is 133 Å². The fraction of sp³-hybridized carbons (Fsp3) is 0.0286. The Morgan fingerprint density at radius 1 is 0.674 bits per heavy atom. The molecule has 5 aromatic carbocycles. The summed E-state index contributed by atoms with van der Waals surface area (Å²) in [5, 5.41) is 8.66. The summed E-state index contributed by atoms with van der Waals surface area (Å²) >= 11 is 0. The van der Waals surface area contributed by atoms with Gasteiger partial charge in [-0.25, -0.2) is 13.4 Å². The minimum atomic E-state index is -4.06. The number of sulfonamides is 1. The van der Waals surface area contributed by atoms with Gasteiger partial charge in [-0.15, -0.1) is 5.26 Å². The van der Waals surface area contributed by atoms with E-state index in [4.69, 9.17) is 10.2 Å². The lowest BCUT2D eigenvalue weighted by atomic mass is 10.0. The summed E-state index contributed by atoms with van der Waals surface area (Å²) in [5.74, 6) is 0.849. The molecule has 6 aromatic rings. The predicted octanol–water partition coefficient (Wildman–Crippen LogP) is 7.29. The summed E-state index contributed by atoms with van der Waals surface area (Å²) in [6.07, 6.45) is 1.33. The van der Waals surface area contributed by atoms with Gasteiger partial charge in [0.15, 0.2) is 0 Å². The summed E-state index contributed by atoms with van der Waals surface area (Å²) in [7, 11) is -4.06. The molecule has 0 spiro atoms. The summed E-state index contributed by atoms with van der Waals surface area (Å²) < 4.78 is 27.8. The second kappa shape index (κ2) is 12.2. The normalized spacial score (nSPS) is 11.1. The van der Waals surface area contributed by atoms with Crippen LogP contribution in [0.15, 0.2) is 144 Å². The zero-order chi connectivity index (χ0) is 29.6. The summed E-state index contributed by atoms with van der Waals surface area (Å²) in [5.41, 5.74) is 7.21. The summed E-state index contributed by atoms with van der Waals surface area (Å²) in [4.78, 5) is 11.4. The van der Waals surface area contributed by atoms with Crippen LogP contribution in [0.2, 0.25) is 0 Å². The zero-order valence-corrected chi connectivity index (χ0v) is 23.8. The number of imidazole rings is 1. The lowest BCUT2D eigenvalue weighted by Crippen LogP contribution is -2.22. The molecule has 1 heterocycles. The fourth-order valence-corrected chi connectivity index (χ4v) is 6.10. The Hall–Kier alpha value is -5.49. The Morgan fingerprint density at radius 2 is 1.23 bits per heavy atom. The van der Waals surface area contributed by atoms with Gasteiger partial charge in [-0.2, -0.15) is 0 Å². The van der Waals surface area contributed by atoms with E-state index in [1.165, 1.54) is 12.3 Å². The van der Waals surface area contributed by atoms with Crippen LogP contribution in [0.25, 0.3) is 45.0 Å². The van der Waals surface area contributed by atoms with E-state index in [2.05, 4.69) is 45.8 Å². The van der Waals surface area contributed by atoms with Crippen molar-refractivity contribution in [2.75, 3.05) is 0 Å². The van der Waals surface area contributed by atoms with Crippen LogP contribution in [0.4, 0.5) is 0 Å². The highest BCUT2D eigenvalue weighted by Crippen LogP contribution is 2.37. The van der Waals surface area contributed by atoms with Gasteiger partial charge < -0.3 is 9.40 Å². The molecule has 1 aromatic heterocycles. The Labute approximate surface area is 250 Å². The third-order valence-electron chi connectivity index (χ3n) is 7.07. The molecule has 8 heteroatoms. The van der Waals surface area contributed by atoms with Crippen molar-refractivity contribution in [1.82, 2.24) is 14.4 Å². The van der Waals surface area contributed by atoms with Crippen LogP contribution in [0.5, 0.6) is 0 Å². The van der Waals surface area contributed by atoms with Gasteiger partial charge in [-0.05, 0) is 22.1 Å². The first-order chi connectivity index (χ1) is 21.0. The zero-order valence-electron chi connectivity index (χ0n) is 23.0. The molecule has 0 fully saturated rings. The maximum atomic E-state index is 12.8. The lowest BCUT2D eigenvalue weighted by Gasteiger charge is -2.15. The molecule has 0 amide bonds. The Kier molecular flexibility index (Phi) is 7.83. The Morgan fingerprint density at radius 3 is 1.86 bits per heavy atom. The third-order valence-corrected chi connectivity index (χ3v) is 8.31. The molecule has 0 aliphatic rings. The van der Waals surface area contributed by atoms with Crippen molar-refractivity contribution in [3.63, 3.8) is 0 Å². The van der Waals surface area contributed by atoms with Crippen molar-refractivity contribution in [1.29, 1.82) is 5.26 Å². The van der Waals surface area contributed by atoms with Gasteiger partial charge in [0.2, 0.25) is 0 Å². The predicted molar refractivity (Wildman–Crippen MR) is 167 cm³/mol. The lowest BCUT2D eigenvalue weighted by molar-refractivity contribution is 0.222. The van der Waals surface area contributed by atoms with Crippen molar-refractivity contribution in [2.45, 2.75) is 11.4 Å². The maximum absolute atomic E-state index is 12.8. The van der Waals surface area contributed by atoms with Crippen LogP contribution in [0.1, 0.15) is 5.56 Å². The molecular formula is C35H26N4O3S. The first-order valence-corrected chi connectivity index (χ1v) is 15.1. The highest BCUT2D eigenvalue weighted by Gasteiger charge is 2.22. The number of nitrogens with one attached hydrogen (secondary N) is 1. The molecule has 43 heavy (non-hydrogen) atoms. The first-order valence-electron chi connectivity index (χ1n) is 13.6. The van der Waals surface area contributed by atoms with E-state index in [1.807, 2.05) is 83.7 Å². The minimum Gasteiger partial charge on any atom is -0.319 e. The van der Waals surface area contributed by atoms with Crippen molar-refractivity contribution in [2.24, 2.45) is 0 Å². The van der Waals surface area contributed by atoms with Gasteiger partial charge in [0.1, 0.15) is 5.82 Å². The molecule has 0 aliphatic carbocycles. The van der Waals surface area contributed by atoms with Gasteiger partial charge in [0, 0.05) is 28.8 Å². The number of rotatable bonds is 9. The molecule has 210 valence electrons.